The van der Waals surface area contributed by atoms with E-state index in [0.29, 0.717) is 39.2 Å². The van der Waals surface area contributed by atoms with Crippen molar-refractivity contribution in [1.29, 1.82) is 0 Å². The Balaban J connectivity index is 3.07. The number of allylic oxidation sites excluding steroid dienone is 2. The van der Waals surface area contributed by atoms with Crippen molar-refractivity contribution >= 4 is 64.6 Å². The minimum atomic E-state index is -1.63. The number of Topliss-reactive ketones (excluding diaryl/α,β-unsaturated/α-hetero) is 3. The maximum absolute atomic E-state index is 15.5. The van der Waals surface area contributed by atoms with Crippen molar-refractivity contribution in [3.05, 3.63) is 12.2 Å². The molecule has 0 aliphatic carbocycles. The summed E-state index contributed by atoms with van der Waals surface area (Å²) in [4.78, 5) is 178. The van der Waals surface area contributed by atoms with E-state index in [2.05, 4.69) is 15.1 Å². The lowest BCUT2D eigenvalue weighted by atomic mass is 9.84. The van der Waals surface area contributed by atoms with Gasteiger partial charge in [-0.05, 0) is 81.5 Å². The van der Waals surface area contributed by atoms with Gasteiger partial charge in [0.15, 0.2) is 11.6 Å². The number of hydrogen-bond acceptors (Lipinski definition) is 16. The molecule has 2 aliphatic heterocycles. The summed E-state index contributed by atoms with van der Waals surface area (Å²) in [7, 11) is 13.3. The largest absolute Gasteiger partial charge is 0.390 e. The predicted molar refractivity (Wildman–Crippen MR) is 373 cm³/mol. The monoisotopic (exact) mass is 1360 g/mol. The molecule has 0 bridgehead atoms. The quantitative estimate of drug-likeness (QED) is 0.149. The third kappa shape index (κ3) is 23.8. The van der Waals surface area contributed by atoms with Crippen LogP contribution in [0.5, 0.6) is 0 Å². The normalized spacial score (nSPS) is 27.9. The third-order valence-electron chi connectivity index (χ3n) is 19.9. The van der Waals surface area contributed by atoms with Gasteiger partial charge in [0.2, 0.25) is 47.3 Å². The smallest absolute Gasteiger partial charge is 0.246 e. The van der Waals surface area contributed by atoms with Gasteiger partial charge in [-0.15, -0.1) is 0 Å². The van der Waals surface area contributed by atoms with Crippen LogP contribution in [0.3, 0.4) is 0 Å². The first-order valence-corrected chi connectivity index (χ1v) is 35.2. The maximum atomic E-state index is 15.5. The Hall–Kier alpha value is -5.69. The van der Waals surface area contributed by atoms with Crippen LogP contribution in [0, 0.1) is 53.3 Å². The van der Waals surface area contributed by atoms with Gasteiger partial charge in [0, 0.05) is 140 Å². The number of carbonyl (C=O) groups is 11. The first-order valence-electron chi connectivity index (χ1n) is 35.2. The average molecular weight is 1360 g/mol. The fraction of sp³-hybridized carbons (Fsp3) is 0.819. The lowest BCUT2D eigenvalue weighted by molar-refractivity contribution is -0.157. The summed E-state index contributed by atoms with van der Waals surface area (Å²) >= 11 is 0. The lowest BCUT2D eigenvalue weighted by Gasteiger charge is -2.42. The molecule has 0 radical (unpaired) electrons. The molecule has 0 aromatic rings. The number of aliphatic hydroxyl groups excluding tert-OH is 1. The van der Waals surface area contributed by atoms with Crippen molar-refractivity contribution in [2.24, 2.45) is 53.3 Å². The Bertz CT molecular complexity index is 2610. The van der Waals surface area contributed by atoms with Gasteiger partial charge in [0.05, 0.1) is 24.9 Å². The van der Waals surface area contributed by atoms with Crippen LogP contribution >= 0.6 is 0 Å². The number of carbonyl (C=O) groups excluding carboxylic acids is 11. The summed E-state index contributed by atoms with van der Waals surface area (Å²) in [5, 5.41) is 15.1. The van der Waals surface area contributed by atoms with E-state index in [1.54, 1.807) is 68.6 Å². The minimum Gasteiger partial charge on any atom is -0.390 e. The Morgan fingerprint density at radius 3 is 1.46 bits per heavy atom. The standard InChI is InChI=1S/C72H128N10O14/c1-26-28-29-48(13)64(86)63-65(87)73-53(27-2)69(91)74(17)51(16)67(89)79(22)62(60(96-25)42-82-32-30-81(31-33-82)34-35-95-24)59(85)41-52(46(9)10)68(90)75(18)54(36-43(3)4)58(84)39-49(14)57(83)40-50(15)66(88)76(19)55(37-44(5)6)70(92)77(20)56(38-45(7)8)71(93)78(21)61(47(11)12)72(94)80(63)23/h26,28,43-56,60-64,86H,27,29-42H2,1-25H3,(H,73,87)/b28-26+/t48-,49-,50+,51-,52+,53+,54+,55+,56+,60+,61+,62-,63+,64-/m1/s1. The zero-order chi connectivity index (χ0) is 73.7. The van der Waals surface area contributed by atoms with Crippen LogP contribution in [0.2, 0.25) is 0 Å². The minimum absolute atomic E-state index is 0.00202. The fourth-order valence-corrected chi connectivity index (χ4v) is 13.3. The summed E-state index contributed by atoms with van der Waals surface area (Å²) in [6, 6.07) is -10.0. The van der Waals surface area contributed by atoms with Crippen molar-refractivity contribution < 1.29 is 67.3 Å². The van der Waals surface area contributed by atoms with Crippen LogP contribution in [-0.2, 0) is 62.2 Å². The second-order valence-corrected chi connectivity index (χ2v) is 29.6. The molecule has 14 atom stereocenters. The van der Waals surface area contributed by atoms with Gasteiger partial charge < -0.3 is 54.2 Å². The predicted octanol–water partition coefficient (Wildman–Crippen LogP) is 5.16. The van der Waals surface area contributed by atoms with E-state index >= 15 is 33.6 Å². The van der Waals surface area contributed by atoms with E-state index in [9.17, 15) is 24.3 Å². The number of rotatable bonds is 20. The van der Waals surface area contributed by atoms with Gasteiger partial charge in [-0.2, -0.15) is 0 Å². The Morgan fingerprint density at radius 2 is 0.979 bits per heavy atom. The number of ether oxygens (including phenoxy) is 2. The molecule has 0 unspecified atom stereocenters. The summed E-state index contributed by atoms with van der Waals surface area (Å²) in [6.45, 7) is 32.6. The van der Waals surface area contributed by atoms with Crippen molar-refractivity contribution in [1.82, 2.24) is 49.4 Å². The van der Waals surface area contributed by atoms with Gasteiger partial charge >= 0.3 is 0 Å². The first-order chi connectivity index (χ1) is 44.7. The van der Waals surface area contributed by atoms with Crippen LogP contribution in [0.1, 0.15) is 162 Å². The first kappa shape index (κ1) is 86.4. The Morgan fingerprint density at radius 1 is 0.510 bits per heavy atom. The highest BCUT2D eigenvalue weighted by molar-refractivity contribution is 6.00. The molecule has 0 saturated carbocycles. The molecule has 2 N–H and O–H groups in total. The molecule has 0 aromatic carbocycles. The molecule has 0 aromatic heterocycles. The highest BCUT2D eigenvalue weighted by Crippen LogP contribution is 2.30. The molecule has 2 heterocycles. The fourth-order valence-electron chi connectivity index (χ4n) is 13.3. The molecule has 2 rings (SSSR count). The van der Waals surface area contributed by atoms with Crippen LogP contribution in [0.25, 0.3) is 0 Å². The van der Waals surface area contributed by atoms with Gasteiger partial charge in [-0.1, -0.05) is 109 Å². The number of ketones is 3. The second kappa shape index (κ2) is 40.4. The zero-order valence-electron chi connectivity index (χ0n) is 63.5. The van der Waals surface area contributed by atoms with Crippen LogP contribution in [0.4, 0.5) is 0 Å². The number of aliphatic hydroxyl groups is 1. The molecule has 2 fully saturated rings. The molecular weight excluding hydrogens is 1230 g/mol. The number of methoxy groups -OCH3 is 2. The molecule has 24 heteroatoms. The van der Waals surface area contributed by atoms with E-state index in [0.717, 1.165) is 11.4 Å². The number of hydrogen-bond donors (Lipinski definition) is 2. The molecule has 8 amide bonds. The van der Waals surface area contributed by atoms with Crippen molar-refractivity contribution in [3.8, 4) is 0 Å². The highest BCUT2D eigenvalue weighted by atomic mass is 16.5. The topological polar surface area (TPSA) is 268 Å². The van der Waals surface area contributed by atoms with E-state index in [4.69, 9.17) is 9.47 Å². The number of amides is 8. The zero-order valence-corrected chi connectivity index (χ0v) is 63.5. The lowest BCUT2D eigenvalue weighted by Crippen LogP contribution is -2.64. The molecule has 0 spiro atoms. The molecule has 24 nitrogen and oxygen atoms in total. The van der Waals surface area contributed by atoms with Crippen LogP contribution in [-0.4, -0.2) is 284 Å². The number of piperazine rings is 1. The van der Waals surface area contributed by atoms with Gasteiger partial charge in [-0.25, -0.2) is 0 Å². The second-order valence-electron chi connectivity index (χ2n) is 29.6. The van der Waals surface area contributed by atoms with Crippen molar-refractivity contribution in [3.63, 3.8) is 0 Å². The number of nitrogens with zero attached hydrogens (tertiary/aromatic N) is 9. The molecule has 2 aliphatic rings. The summed E-state index contributed by atoms with van der Waals surface area (Å²) in [5.41, 5.74) is 0. The van der Waals surface area contributed by atoms with E-state index in [-0.39, 0.29) is 80.8 Å². The maximum Gasteiger partial charge on any atom is 0.246 e. The average Bonchev–Trinajstić information content (AvgIpc) is 0.813. The highest BCUT2D eigenvalue weighted by Gasteiger charge is 2.47. The third-order valence-corrected chi connectivity index (χ3v) is 19.9. The number of likely N-dealkylation sites (N-methyl/N-ethyl adjacent to an activating group) is 7. The molecule has 2 saturated heterocycles. The molecular formula is C72H128N10O14. The van der Waals surface area contributed by atoms with E-state index < -0.39 is 149 Å². The molecule has 550 valence electrons. The summed E-state index contributed by atoms with van der Waals surface area (Å²) < 4.78 is 11.5. The number of nitrogens with one attached hydrogen (secondary N) is 1. The van der Waals surface area contributed by atoms with E-state index in [1.807, 2.05) is 54.5 Å². The van der Waals surface area contributed by atoms with Crippen LogP contribution < -0.4 is 5.32 Å². The molecule has 96 heavy (non-hydrogen) atoms. The van der Waals surface area contributed by atoms with Gasteiger partial charge in [0.25, 0.3) is 0 Å². The van der Waals surface area contributed by atoms with Gasteiger partial charge in [-0.3, -0.25) is 62.5 Å². The SMILES string of the molecule is C/C=C/C[C@@H](C)[C@@H](O)[C@H]1C(=O)N[C@@H](CC)C(=O)N(C)[C@H](C)C(=O)N(C)[C@@H]([C@H](CN2CCN(CCOC)CC2)OC)C(=O)C[C@@H](C(C)C)C(=O)N(C)[C@@H](CC(C)C)C(=O)C[C@@H](C)C(=O)C[C@H](C)C(=O)N(C)[C@@H](CC(C)C)C(=O)N(C)[C@@H](CC(C)C)C(=O)N(C)[C@@H](C(C)C)C(=O)N1C. The van der Waals surface area contributed by atoms with Gasteiger partial charge in [0.1, 0.15) is 48.1 Å². The van der Waals surface area contributed by atoms with Crippen molar-refractivity contribution in [2.75, 3.05) is 109 Å². The van der Waals surface area contributed by atoms with E-state index in [1.165, 1.54) is 92.8 Å². The summed E-state index contributed by atoms with van der Waals surface area (Å²) in [6.07, 6.45) is 1.17. The Labute approximate surface area is 576 Å². The Kier molecular flexibility index (Phi) is 36.4. The summed E-state index contributed by atoms with van der Waals surface area (Å²) in [5.74, 6) is -11.2. The van der Waals surface area contributed by atoms with Crippen molar-refractivity contribution in [2.45, 2.75) is 223 Å². The van der Waals surface area contributed by atoms with Crippen LogP contribution in [0.15, 0.2) is 12.2 Å².